The molecule has 0 aromatic heterocycles. The zero-order valence-corrected chi connectivity index (χ0v) is 11.0. The van der Waals surface area contributed by atoms with Gasteiger partial charge in [0, 0.05) is 24.4 Å². The normalized spacial score (nSPS) is 14.3. The predicted octanol–water partition coefficient (Wildman–Crippen LogP) is 2.54. The SMILES string of the molecule is Cc1ccc(C(=O)CCC(=O)NC2CC2)c(C)c1. The van der Waals surface area contributed by atoms with Crippen molar-refractivity contribution in [3.8, 4) is 0 Å². The van der Waals surface area contributed by atoms with Gasteiger partial charge in [0.25, 0.3) is 0 Å². The molecule has 2 rings (SSSR count). The Labute approximate surface area is 108 Å². The van der Waals surface area contributed by atoms with Gasteiger partial charge in [-0.25, -0.2) is 0 Å². The summed E-state index contributed by atoms with van der Waals surface area (Å²) >= 11 is 0. The summed E-state index contributed by atoms with van der Waals surface area (Å²) in [6.45, 7) is 3.94. The zero-order chi connectivity index (χ0) is 13.1. The average molecular weight is 245 g/mol. The lowest BCUT2D eigenvalue weighted by Crippen LogP contribution is -2.25. The summed E-state index contributed by atoms with van der Waals surface area (Å²) in [4.78, 5) is 23.5. The van der Waals surface area contributed by atoms with Crippen molar-refractivity contribution in [3.05, 3.63) is 34.9 Å². The molecule has 18 heavy (non-hydrogen) atoms. The molecule has 1 aliphatic carbocycles. The van der Waals surface area contributed by atoms with E-state index in [1.807, 2.05) is 32.0 Å². The molecule has 0 heterocycles. The maximum absolute atomic E-state index is 12.0. The molecule has 0 bridgehead atoms. The Morgan fingerprint density at radius 1 is 1.22 bits per heavy atom. The first kappa shape index (κ1) is 12.8. The molecule has 0 radical (unpaired) electrons. The molecular formula is C15H19NO2. The van der Waals surface area contributed by atoms with Crippen molar-refractivity contribution < 1.29 is 9.59 Å². The fraction of sp³-hybridized carbons (Fsp3) is 0.467. The molecule has 0 aliphatic heterocycles. The molecule has 3 nitrogen and oxygen atoms in total. The van der Waals surface area contributed by atoms with Crippen molar-refractivity contribution in [2.45, 2.75) is 45.6 Å². The van der Waals surface area contributed by atoms with Crippen LogP contribution in [0.1, 0.15) is 47.2 Å². The lowest BCUT2D eigenvalue weighted by molar-refractivity contribution is -0.121. The number of aryl methyl sites for hydroxylation is 2. The van der Waals surface area contributed by atoms with E-state index >= 15 is 0 Å². The van der Waals surface area contributed by atoms with E-state index in [0.29, 0.717) is 18.9 Å². The van der Waals surface area contributed by atoms with Crippen LogP contribution >= 0.6 is 0 Å². The smallest absolute Gasteiger partial charge is 0.220 e. The molecule has 1 amide bonds. The Balaban J connectivity index is 1.88. The number of hydrogen-bond acceptors (Lipinski definition) is 2. The van der Waals surface area contributed by atoms with E-state index in [4.69, 9.17) is 0 Å². The van der Waals surface area contributed by atoms with E-state index < -0.39 is 0 Å². The fourth-order valence-electron chi connectivity index (χ4n) is 2.02. The van der Waals surface area contributed by atoms with Crippen LogP contribution in [-0.4, -0.2) is 17.7 Å². The van der Waals surface area contributed by atoms with Crippen LogP contribution in [0.25, 0.3) is 0 Å². The highest BCUT2D eigenvalue weighted by Gasteiger charge is 2.23. The van der Waals surface area contributed by atoms with Gasteiger partial charge in [0.1, 0.15) is 0 Å². The largest absolute Gasteiger partial charge is 0.353 e. The second kappa shape index (κ2) is 5.34. The van der Waals surface area contributed by atoms with Crippen LogP contribution in [0, 0.1) is 13.8 Å². The molecule has 1 saturated carbocycles. The maximum Gasteiger partial charge on any atom is 0.220 e. The van der Waals surface area contributed by atoms with Gasteiger partial charge in [-0.1, -0.05) is 23.8 Å². The van der Waals surface area contributed by atoms with E-state index in [9.17, 15) is 9.59 Å². The summed E-state index contributed by atoms with van der Waals surface area (Å²) < 4.78 is 0. The third-order valence-electron chi connectivity index (χ3n) is 3.20. The van der Waals surface area contributed by atoms with Crippen LogP contribution in [0.15, 0.2) is 18.2 Å². The Morgan fingerprint density at radius 2 is 1.94 bits per heavy atom. The lowest BCUT2D eigenvalue weighted by atomic mass is 9.99. The van der Waals surface area contributed by atoms with Gasteiger partial charge in [0.05, 0.1) is 0 Å². The van der Waals surface area contributed by atoms with Crippen LogP contribution in [-0.2, 0) is 4.79 Å². The van der Waals surface area contributed by atoms with E-state index in [1.165, 1.54) is 0 Å². The summed E-state index contributed by atoms with van der Waals surface area (Å²) in [6.07, 6.45) is 2.75. The molecule has 1 N–H and O–H groups in total. The Kier molecular flexibility index (Phi) is 3.80. The molecule has 3 heteroatoms. The number of hydrogen-bond donors (Lipinski definition) is 1. The predicted molar refractivity (Wildman–Crippen MR) is 70.6 cm³/mol. The second-order valence-electron chi connectivity index (χ2n) is 5.08. The van der Waals surface area contributed by atoms with Crippen LogP contribution in [0.2, 0.25) is 0 Å². The highest BCUT2D eigenvalue weighted by molar-refractivity contribution is 5.99. The number of amides is 1. The number of rotatable bonds is 5. The minimum atomic E-state index is -0.00406. The van der Waals surface area contributed by atoms with Gasteiger partial charge in [-0.05, 0) is 32.3 Å². The Bertz CT molecular complexity index is 475. The van der Waals surface area contributed by atoms with Gasteiger partial charge in [-0.3, -0.25) is 9.59 Å². The zero-order valence-electron chi connectivity index (χ0n) is 11.0. The van der Waals surface area contributed by atoms with Gasteiger partial charge < -0.3 is 5.32 Å². The molecule has 96 valence electrons. The minimum absolute atomic E-state index is 0.00406. The molecular weight excluding hydrogens is 226 g/mol. The number of ketones is 1. The summed E-state index contributed by atoms with van der Waals surface area (Å²) in [5.74, 6) is 0.0501. The Morgan fingerprint density at radius 3 is 2.56 bits per heavy atom. The van der Waals surface area contributed by atoms with Gasteiger partial charge in [-0.15, -0.1) is 0 Å². The third-order valence-corrected chi connectivity index (χ3v) is 3.20. The van der Waals surface area contributed by atoms with Gasteiger partial charge >= 0.3 is 0 Å². The quantitative estimate of drug-likeness (QED) is 0.810. The van der Waals surface area contributed by atoms with Gasteiger partial charge in [0.2, 0.25) is 5.91 Å². The second-order valence-corrected chi connectivity index (χ2v) is 5.08. The van der Waals surface area contributed by atoms with Crippen molar-refractivity contribution in [1.29, 1.82) is 0 Å². The van der Waals surface area contributed by atoms with Gasteiger partial charge in [0.15, 0.2) is 5.78 Å². The first-order valence-corrected chi connectivity index (χ1v) is 6.46. The van der Waals surface area contributed by atoms with Crippen molar-refractivity contribution >= 4 is 11.7 Å². The molecule has 1 aromatic rings. The summed E-state index contributed by atoms with van der Waals surface area (Å²) in [6, 6.07) is 6.15. The maximum atomic E-state index is 12.0. The number of Topliss-reactive ketones (excluding diaryl/α,β-unsaturated/α-hetero) is 1. The highest BCUT2D eigenvalue weighted by atomic mass is 16.2. The van der Waals surface area contributed by atoms with Crippen molar-refractivity contribution in [2.24, 2.45) is 0 Å². The first-order chi connectivity index (χ1) is 8.56. The number of benzene rings is 1. The third kappa shape index (κ3) is 3.42. The van der Waals surface area contributed by atoms with Crippen LogP contribution in [0.5, 0.6) is 0 Å². The molecule has 0 unspecified atom stereocenters. The van der Waals surface area contributed by atoms with Crippen LogP contribution in [0.3, 0.4) is 0 Å². The summed E-state index contributed by atoms with van der Waals surface area (Å²) in [5, 5.41) is 2.89. The van der Waals surface area contributed by atoms with Crippen molar-refractivity contribution in [3.63, 3.8) is 0 Å². The molecule has 0 spiro atoms. The Hall–Kier alpha value is -1.64. The molecule has 0 atom stereocenters. The fourth-order valence-corrected chi connectivity index (χ4v) is 2.02. The molecule has 1 aliphatic rings. The lowest BCUT2D eigenvalue weighted by Gasteiger charge is -2.06. The molecule has 0 saturated heterocycles. The topological polar surface area (TPSA) is 46.2 Å². The highest BCUT2D eigenvalue weighted by Crippen LogP contribution is 2.19. The molecule has 1 fully saturated rings. The first-order valence-electron chi connectivity index (χ1n) is 6.46. The minimum Gasteiger partial charge on any atom is -0.353 e. The van der Waals surface area contributed by atoms with E-state index in [1.54, 1.807) is 0 Å². The van der Waals surface area contributed by atoms with E-state index in [0.717, 1.165) is 29.5 Å². The number of nitrogens with one attached hydrogen (secondary N) is 1. The summed E-state index contributed by atoms with van der Waals surface area (Å²) in [7, 11) is 0. The summed E-state index contributed by atoms with van der Waals surface area (Å²) in [5.41, 5.74) is 2.87. The monoisotopic (exact) mass is 245 g/mol. The van der Waals surface area contributed by atoms with Crippen molar-refractivity contribution in [1.82, 2.24) is 5.32 Å². The number of carbonyl (C=O) groups is 2. The number of carbonyl (C=O) groups excluding carboxylic acids is 2. The van der Waals surface area contributed by atoms with E-state index in [2.05, 4.69) is 5.32 Å². The average Bonchev–Trinajstić information content (AvgIpc) is 3.10. The molecule has 1 aromatic carbocycles. The van der Waals surface area contributed by atoms with Gasteiger partial charge in [-0.2, -0.15) is 0 Å². The van der Waals surface area contributed by atoms with Crippen LogP contribution in [0.4, 0.5) is 0 Å². The standard InChI is InChI=1S/C15H19NO2/c1-10-3-6-13(11(2)9-10)14(17)7-8-15(18)16-12-4-5-12/h3,6,9,12H,4-5,7-8H2,1-2H3,(H,16,18). The van der Waals surface area contributed by atoms with E-state index in [-0.39, 0.29) is 11.7 Å². The van der Waals surface area contributed by atoms with Crippen LogP contribution < -0.4 is 5.32 Å². The van der Waals surface area contributed by atoms with Crippen molar-refractivity contribution in [2.75, 3.05) is 0 Å².